The predicted octanol–water partition coefficient (Wildman–Crippen LogP) is -1.88. The van der Waals surface area contributed by atoms with Crippen LogP contribution in [0, 0.1) is 0 Å². The number of nitrogens with zero attached hydrogens (tertiary/aromatic N) is 1. The summed E-state index contributed by atoms with van der Waals surface area (Å²) in [5.41, 5.74) is -0.523. The molecule has 1 heterocycles. The molecule has 0 fully saturated rings. The number of aromatic nitrogens is 2. The van der Waals surface area contributed by atoms with Gasteiger partial charge < -0.3 is 19.7 Å². The van der Waals surface area contributed by atoms with Crippen LogP contribution in [0.3, 0.4) is 0 Å². The third kappa shape index (κ3) is 2.40. The molecule has 6 nitrogen and oxygen atoms in total. The van der Waals surface area contributed by atoms with Gasteiger partial charge in [0.25, 0.3) is 0 Å². The minimum absolute atomic E-state index is 0.0830. The first-order chi connectivity index (χ1) is 5.18. The van der Waals surface area contributed by atoms with Gasteiger partial charge in [-0.15, -0.1) is 0 Å². The van der Waals surface area contributed by atoms with Crippen molar-refractivity contribution in [2.45, 2.75) is 0 Å². The van der Waals surface area contributed by atoms with E-state index in [0.29, 0.717) is 0 Å². The Kier molecular flexibility index (Phi) is 2.24. The summed E-state index contributed by atoms with van der Waals surface area (Å²) in [7, 11) is -1.90. The first kappa shape index (κ1) is 7.77. The van der Waals surface area contributed by atoms with Crippen molar-refractivity contribution in [1.82, 2.24) is 9.97 Å². The van der Waals surface area contributed by atoms with E-state index in [2.05, 4.69) is 14.6 Å². The fourth-order valence-corrected chi connectivity index (χ4v) is 0.516. The van der Waals surface area contributed by atoms with Gasteiger partial charge in [-0.2, -0.15) is 4.98 Å². The zero-order chi connectivity index (χ0) is 8.27. The van der Waals surface area contributed by atoms with E-state index >= 15 is 0 Å². The third-order valence-corrected chi connectivity index (χ3v) is 0.888. The molecule has 0 aromatic carbocycles. The summed E-state index contributed by atoms with van der Waals surface area (Å²) >= 11 is 0. The van der Waals surface area contributed by atoms with E-state index in [9.17, 15) is 4.79 Å². The van der Waals surface area contributed by atoms with Gasteiger partial charge in [0.15, 0.2) is 0 Å². The molecular weight excluding hydrogens is 151 g/mol. The summed E-state index contributed by atoms with van der Waals surface area (Å²) in [5.74, 6) is 0.0830. The van der Waals surface area contributed by atoms with E-state index < -0.39 is 13.0 Å². The minimum atomic E-state index is -1.90. The van der Waals surface area contributed by atoms with Gasteiger partial charge in [0.05, 0.1) is 6.20 Å². The third-order valence-electron chi connectivity index (χ3n) is 0.888. The second-order valence-corrected chi connectivity index (χ2v) is 1.70. The lowest BCUT2D eigenvalue weighted by molar-refractivity contribution is 0.287. The van der Waals surface area contributed by atoms with Crippen molar-refractivity contribution in [1.29, 1.82) is 0 Å². The van der Waals surface area contributed by atoms with Crippen LogP contribution in [0.2, 0.25) is 0 Å². The van der Waals surface area contributed by atoms with Crippen molar-refractivity contribution in [2.24, 2.45) is 0 Å². The second-order valence-electron chi connectivity index (χ2n) is 1.70. The van der Waals surface area contributed by atoms with Gasteiger partial charge >= 0.3 is 13.0 Å². The van der Waals surface area contributed by atoms with Crippen molar-refractivity contribution in [3.63, 3.8) is 0 Å². The molecule has 1 aromatic heterocycles. The van der Waals surface area contributed by atoms with Gasteiger partial charge in [-0.25, -0.2) is 4.79 Å². The number of hydrogen-bond donors (Lipinski definition) is 3. The van der Waals surface area contributed by atoms with Gasteiger partial charge in [-0.05, 0) is 0 Å². The monoisotopic (exact) mass is 156 g/mol. The Hall–Kier alpha value is -1.34. The largest absolute Gasteiger partial charge is 0.707 e. The van der Waals surface area contributed by atoms with Crippen LogP contribution in [0.15, 0.2) is 17.2 Å². The maximum absolute atomic E-state index is 10.4. The standard InChI is InChI=1S/C4H5BN2O4/c8-4-6-1-3(2-7-4)11-5(9)10/h1-2,9-10H,(H,6,7,8). The lowest BCUT2D eigenvalue weighted by Gasteiger charge is -2.00. The summed E-state index contributed by atoms with van der Waals surface area (Å²) in [6.45, 7) is 0. The van der Waals surface area contributed by atoms with E-state index in [1.54, 1.807) is 0 Å². The predicted molar refractivity (Wildman–Crippen MR) is 35.7 cm³/mol. The fourth-order valence-electron chi connectivity index (χ4n) is 0.516. The zero-order valence-electron chi connectivity index (χ0n) is 5.39. The molecule has 0 atom stereocenters. The first-order valence-electron chi connectivity index (χ1n) is 2.76. The highest BCUT2D eigenvalue weighted by Gasteiger charge is 2.10. The molecule has 1 rings (SSSR count). The second kappa shape index (κ2) is 3.17. The zero-order valence-corrected chi connectivity index (χ0v) is 5.39. The van der Waals surface area contributed by atoms with Crippen LogP contribution in [-0.4, -0.2) is 27.3 Å². The summed E-state index contributed by atoms with van der Waals surface area (Å²) in [6, 6.07) is 0. The molecule has 0 unspecified atom stereocenters. The van der Waals surface area contributed by atoms with Gasteiger partial charge in [0.1, 0.15) is 5.75 Å². The number of rotatable bonds is 2. The van der Waals surface area contributed by atoms with Crippen LogP contribution in [0.4, 0.5) is 0 Å². The molecule has 1 aromatic rings. The molecule has 7 heteroatoms. The van der Waals surface area contributed by atoms with Crippen molar-refractivity contribution in [3.8, 4) is 5.75 Å². The maximum atomic E-state index is 10.4. The maximum Gasteiger partial charge on any atom is 0.707 e. The summed E-state index contributed by atoms with van der Waals surface area (Å²) in [4.78, 5) is 15.8. The highest BCUT2D eigenvalue weighted by Crippen LogP contribution is 2.01. The lowest BCUT2D eigenvalue weighted by atomic mass is 10.2. The average Bonchev–Trinajstić information content (AvgIpc) is 1.93. The number of aromatic amines is 1. The molecule has 0 aliphatic carbocycles. The highest BCUT2D eigenvalue weighted by molar-refractivity contribution is 6.33. The Labute approximate surface area is 61.7 Å². The van der Waals surface area contributed by atoms with Crippen LogP contribution in [0.1, 0.15) is 0 Å². The molecule has 58 valence electrons. The van der Waals surface area contributed by atoms with Crippen molar-refractivity contribution < 1.29 is 14.7 Å². The summed E-state index contributed by atoms with van der Waals surface area (Å²) < 4.78 is 4.35. The van der Waals surface area contributed by atoms with Crippen LogP contribution >= 0.6 is 0 Å². The Morgan fingerprint density at radius 1 is 1.64 bits per heavy atom. The Bertz CT molecular complexity index is 265. The van der Waals surface area contributed by atoms with Crippen molar-refractivity contribution in [2.75, 3.05) is 0 Å². The summed E-state index contributed by atoms with van der Waals surface area (Å²) in [6.07, 6.45) is 2.26. The van der Waals surface area contributed by atoms with Gasteiger partial charge in [0, 0.05) is 6.20 Å². The molecule has 0 radical (unpaired) electrons. The van der Waals surface area contributed by atoms with Crippen LogP contribution in [-0.2, 0) is 0 Å². The Morgan fingerprint density at radius 3 is 2.82 bits per heavy atom. The molecule has 0 saturated heterocycles. The van der Waals surface area contributed by atoms with E-state index in [0.717, 1.165) is 6.20 Å². The SMILES string of the molecule is O=c1ncc(OB(O)O)c[nH]1. The fraction of sp³-hybridized carbons (Fsp3) is 0. The normalized spacial score (nSPS) is 9.27. The van der Waals surface area contributed by atoms with Gasteiger partial charge in [-0.3, -0.25) is 0 Å². The molecule has 0 saturated carbocycles. The highest BCUT2D eigenvalue weighted by atomic mass is 16.6. The molecule has 0 spiro atoms. The average molecular weight is 156 g/mol. The summed E-state index contributed by atoms with van der Waals surface area (Å²) in [5, 5.41) is 16.6. The number of hydrogen-bond acceptors (Lipinski definition) is 5. The first-order valence-corrected chi connectivity index (χ1v) is 2.76. The van der Waals surface area contributed by atoms with E-state index in [4.69, 9.17) is 10.0 Å². The van der Waals surface area contributed by atoms with Gasteiger partial charge in [0.2, 0.25) is 0 Å². The topological polar surface area (TPSA) is 95.4 Å². The molecular formula is C4H5BN2O4. The molecule has 0 bridgehead atoms. The Morgan fingerprint density at radius 2 is 2.36 bits per heavy atom. The molecule has 0 aliphatic rings. The Balaban J connectivity index is 2.74. The van der Waals surface area contributed by atoms with Crippen LogP contribution in [0.5, 0.6) is 5.75 Å². The van der Waals surface area contributed by atoms with Crippen molar-refractivity contribution in [3.05, 3.63) is 22.9 Å². The van der Waals surface area contributed by atoms with Gasteiger partial charge in [-0.1, -0.05) is 0 Å². The van der Waals surface area contributed by atoms with E-state index in [1.807, 2.05) is 0 Å². The number of nitrogens with one attached hydrogen (secondary N) is 1. The molecule has 0 amide bonds. The van der Waals surface area contributed by atoms with Crippen LogP contribution < -0.4 is 10.3 Å². The van der Waals surface area contributed by atoms with Crippen molar-refractivity contribution >= 4 is 7.32 Å². The number of H-pyrrole nitrogens is 1. The molecule has 11 heavy (non-hydrogen) atoms. The quantitative estimate of drug-likeness (QED) is 0.435. The molecule has 3 N–H and O–H groups in total. The molecule has 0 aliphatic heterocycles. The lowest BCUT2D eigenvalue weighted by Crippen LogP contribution is -2.21. The van der Waals surface area contributed by atoms with E-state index in [-0.39, 0.29) is 5.75 Å². The van der Waals surface area contributed by atoms with Crippen LogP contribution in [0.25, 0.3) is 0 Å². The minimum Gasteiger partial charge on any atom is -0.510 e. The van der Waals surface area contributed by atoms with E-state index in [1.165, 1.54) is 6.20 Å². The smallest absolute Gasteiger partial charge is 0.510 e.